The SMILES string of the molecule is Cc1cn(-c2cc(CN3CCC[C@H](N)C3)cc(NC(=O)c3ccc(-c4ccccc4)nc3)c2)cn1. The van der Waals surface area contributed by atoms with Gasteiger partial charge in [0.15, 0.2) is 0 Å². The smallest absolute Gasteiger partial charge is 0.257 e. The molecule has 1 amide bonds. The molecule has 2 aromatic heterocycles. The molecule has 178 valence electrons. The van der Waals surface area contributed by atoms with Crippen LogP contribution in [-0.4, -0.2) is 44.5 Å². The number of benzene rings is 2. The van der Waals surface area contributed by atoms with E-state index in [-0.39, 0.29) is 11.9 Å². The molecule has 0 bridgehead atoms. The van der Waals surface area contributed by atoms with Crippen LogP contribution in [0.25, 0.3) is 16.9 Å². The number of hydrogen-bond acceptors (Lipinski definition) is 5. The molecule has 1 saturated heterocycles. The standard InChI is InChI=1S/C28H30N6O/c1-20-16-34(19-31-20)26-13-21(17-33-11-5-8-24(29)18-33)12-25(14-26)32-28(35)23-9-10-27(30-15-23)22-6-3-2-4-7-22/h2-4,6-7,9-10,12-16,19,24H,5,8,11,17-18,29H2,1H3,(H,32,35)/t24-/m0/s1. The molecular formula is C28H30N6O. The van der Waals surface area contributed by atoms with Gasteiger partial charge in [0.05, 0.1) is 23.3 Å². The number of nitrogens with two attached hydrogens (primary N) is 1. The van der Waals surface area contributed by atoms with Gasteiger partial charge in [-0.25, -0.2) is 4.98 Å². The predicted molar refractivity (Wildman–Crippen MR) is 138 cm³/mol. The second kappa shape index (κ2) is 10.2. The molecule has 0 spiro atoms. The van der Waals surface area contributed by atoms with E-state index in [1.807, 2.05) is 72.3 Å². The van der Waals surface area contributed by atoms with Crippen LogP contribution in [0.4, 0.5) is 5.69 Å². The van der Waals surface area contributed by atoms with E-state index in [4.69, 9.17) is 5.73 Å². The Labute approximate surface area is 205 Å². The van der Waals surface area contributed by atoms with Crippen LogP contribution in [0.1, 0.15) is 34.5 Å². The van der Waals surface area contributed by atoms with Gasteiger partial charge in [0.1, 0.15) is 0 Å². The Balaban J connectivity index is 1.38. The maximum Gasteiger partial charge on any atom is 0.257 e. The number of nitrogens with zero attached hydrogens (tertiary/aromatic N) is 4. The maximum atomic E-state index is 13.1. The minimum atomic E-state index is -0.193. The van der Waals surface area contributed by atoms with E-state index < -0.39 is 0 Å². The molecule has 0 unspecified atom stereocenters. The van der Waals surface area contributed by atoms with Gasteiger partial charge < -0.3 is 15.6 Å². The first-order chi connectivity index (χ1) is 17.0. The number of aryl methyl sites for hydroxylation is 1. The quantitative estimate of drug-likeness (QED) is 0.439. The minimum Gasteiger partial charge on any atom is -0.327 e. The molecular weight excluding hydrogens is 436 g/mol. The molecule has 1 aliphatic rings. The van der Waals surface area contributed by atoms with Gasteiger partial charge in [-0.3, -0.25) is 14.7 Å². The average Bonchev–Trinajstić information content (AvgIpc) is 3.31. The van der Waals surface area contributed by atoms with Gasteiger partial charge in [0.25, 0.3) is 5.91 Å². The van der Waals surface area contributed by atoms with E-state index in [1.165, 1.54) is 0 Å². The molecule has 3 heterocycles. The first kappa shape index (κ1) is 23.0. The minimum absolute atomic E-state index is 0.193. The molecule has 5 rings (SSSR count). The van der Waals surface area contributed by atoms with Crippen molar-refractivity contribution in [3.8, 4) is 16.9 Å². The highest BCUT2D eigenvalue weighted by Gasteiger charge is 2.18. The fourth-order valence-electron chi connectivity index (χ4n) is 4.55. The van der Waals surface area contributed by atoms with Crippen molar-refractivity contribution in [2.75, 3.05) is 18.4 Å². The summed E-state index contributed by atoms with van der Waals surface area (Å²) >= 11 is 0. The van der Waals surface area contributed by atoms with E-state index in [0.717, 1.165) is 66.4 Å². The first-order valence-electron chi connectivity index (χ1n) is 12.0. The van der Waals surface area contributed by atoms with Gasteiger partial charge in [0.2, 0.25) is 0 Å². The number of hydrogen-bond donors (Lipinski definition) is 2. The summed E-state index contributed by atoms with van der Waals surface area (Å²) in [6, 6.07) is 20.0. The first-order valence-corrected chi connectivity index (χ1v) is 12.0. The van der Waals surface area contributed by atoms with Crippen LogP contribution in [0.15, 0.2) is 79.4 Å². The van der Waals surface area contributed by atoms with E-state index in [9.17, 15) is 4.79 Å². The number of likely N-dealkylation sites (tertiary alicyclic amines) is 1. The number of carbonyl (C=O) groups excluding carboxylic acids is 1. The largest absolute Gasteiger partial charge is 0.327 e. The summed E-state index contributed by atoms with van der Waals surface area (Å²) in [6.07, 6.45) is 7.58. The van der Waals surface area contributed by atoms with Crippen molar-refractivity contribution >= 4 is 11.6 Å². The van der Waals surface area contributed by atoms with E-state index >= 15 is 0 Å². The summed E-state index contributed by atoms with van der Waals surface area (Å²) in [6.45, 7) is 4.66. The van der Waals surface area contributed by atoms with Gasteiger partial charge in [-0.2, -0.15) is 0 Å². The normalized spacial score (nSPS) is 16.2. The molecule has 35 heavy (non-hydrogen) atoms. The Morgan fingerprint density at radius 1 is 1.11 bits per heavy atom. The van der Waals surface area contributed by atoms with Crippen molar-refractivity contribution in [2.45, 2.75) is 32.4 Å². The highest BCUT2D eigenvalue weighted by Crippen LogP contribution is 2.23. The number of pyridine rings is 1. The van der Waals surface area contributed by atoms with Crippen molar-refractivity contribution in [3.05, 3.63) is 96.2 Å². The molecule has 2 aromatic carbocycles. The summed E-state index contributed by atoms with van der Waals surface area (Å²) in [5.41, 5.74) is 12.3. The number of aromatic nitrogens is 3. The van der Waals surface area contributed by atoms with Gasteiger partial charge >= 0.3 is 0 Å². The molecule has 0 saturated carbocycles. The van der Waals surface area contributed by atoms with Crippen LogP contribution in [0.5, 0.6) is 0 Å². The molecule has 1 aliphatic heterocycles. The zero-order chi connectivity index (χ0) is 24.2. The molecule has 7 heteroatoms. The summed E-state index contributed by atoms with van der Waals surface area (Å²) in [7, 11) is 0. The number of amides is 1. The van der Waals surface area contributed by atoms with E-state index in [0.29, 0.717) is 5.56 Å². The zero-order valence-electron chi connectivity index (χ0n) is 19.9. The topological polar surface area (TPSA) is 89.1 Å². The third-order valence-electron chi connectivity index (χ3n) is 6.29. The lowest BCUT2D eigenvalue weighted by Gasteiger charge is -2.30. The fraction of sp³-hybridized carbons (Fsp3) is 0.250. The maximum absolute atomic E-state index is 13.1. The number of piperidine rings is 1. The number of rotatable bonds is 6. The Kier molecular flexibility index (Phi) is 6.70. The summed E-state index contributed by atoms with van der Waals surface area (Å²) in [5.74, 6) is -0.193. The van der Waals surface area contributed by atoms with Crippen molar-refractivity contribution in [3.63, 3.8) is 0 Å². The Bertz CT molecular complexity index is 1300. The van der Waals surface area contributed by atoms with E-state index in [2.05, 4.69) is 26.3 Å². The molecule has 1 atom stereocenters. The lowest BCUT2D eigenvalue weighted by molar-refractivity contribution is 0.102. The van der Waals surface area contributed by atoms with Crippen molar-refractivity contribution in [1.29, 1.82) is 0 Å². The molecule has 0 radical (unpaired) electrons. The van der Waals surface area contributed by atoms with Gasteiger partial charge in [-0.05, 0) is 62.2 Å². The molecule has 4 aromatic rings. The Morgan fingerprint density at radius 3 is 2.69 bits per heavy atom. The van der Waals surface area contributed by atoms with Crippen molar-refractivity contribution in [2.24, 2.45) is 5.73 Å². The van der Waals surface area contributed by atoms with Crippen LogP contribution >= 0.6 is 0 Å². The number of anilines is 1. The number of imidazole rings is 1. The average molecular weight is 467 g/mol. The number of carbonyl (C=O) groups is 1. The van der Waals surface area contributed by atoms with Gasteiger partial charge in [-0.15, -0.1) is 0 Å². The van der Waals surface area contributed by atoms with E-state index in [1.54, 1.807) is 12.5 Å². The predicted octanol–water partition coefficient (Wildman–Crippen LogP) is 4.42. The van der Waals surface area contributed by atoms with Crippen LogP contribution < -0.4 is 11.1 Å². The number of nitrogens with one attached hydrogen (secondary N) is 1. The fourth-order valence-corrected chi connectivity index (χ4v) is 4.55. The summed E-state index contributed by atoms with van der Waals surface area (Å²) in [4.78, 5) is 24.3. The summed E-state index contributed by atoms with van der Waals surface area (Å²) in [5, 5.41) is 3.06. The van der Waals surface area contributed by atoms with Crippen LogP contribution in [0.2, 0.25) is 0 Å². The van der Waals surface area contributed by atoms with Crippen molar-refractivity contribution in [1.82, 2.24) is 19.4 Å². The van der Waals surface area contributed by atoms with Crippen LogP contribution in [0, 0.1) is 6.92 Å². The molecule has 0 aliphatic carbocycles. The Morgan fingerprint density at radius 2 is 1.97 bits per heavy atom. The molecule has 3 N–H and O–H groups in total. The summed E-state index contributed by atoms with van der Waals surface area (Å²) < 4.78 is 1.98. The lowest BCUT2D eigenvalue weighted by Crippen LogP contribution is -2.42. The van der Waals surface area contributed by atoms with Gasteiger partial charge in [0, 0.05) is 48.5 Å². The van der Waals surface area contributed by atoms with Gasteiger partial charge in [-0.1, -0.05) is 30.3 Å². The second-order valence-electron chi connectivity index (χ2n) is 9.20. The second-order valence-corrected chi connectivity index (χ2v) is 9.20. The molecule has 1 fully saturated rings. The monoisotopic (exact) mass is 466 g/mol. The zero-order valence-corrected chi connectivity index (χ0v) is 19.9. The van der Waals surface area contributed by atoms with Crippen molar-refractivity contribution < 1.29 is 4.79 Å². The highest BCUT2D eigenvalue weighted by molar-refractivity contribution is 6.04. The van der Waals surface area contributed by atoms with Crippen LogP contribution in [0.3, 0.4) is 0 Å². The highest BCUT2D eigenvalue weighted by atomic mass is 16.1. The van der Waals surface area contributed by atoms with Crippen LogP contribution in [-0.2, 0) is 6.54 Å². The molecule has 7 nitrogen and oxygen atoms in total. The third kappa shape index (κ3) is 5.65. The third-order valence-corrected chi connectivity index (χ3v) is 6.29. The lowest BCUT2D eigenvalue weighted by atomic mass is 10.1. The Hall–Kier alpha value is -3.81.